The molecule has 0 rings (SSSR count). The van der Waals surface area contributed by atoms with Crippen molar-refractivity contribution >= 4 is 11.9 Å². The van der Waals surface area contributed by atoms with E-state index < -0.39 is 18.2 Å². The molecular weight excluding hydrogens is 779 g/mol. The molecule has 63 heavy (non-hydrogen) atoms. The van der Waals surface area contributed by atoms with Gasteiger partial charge in [-0.05, 0) is 44.9 Å². The largest absolute Gasteiger partial charge is 0.461 e. The first-order valence-corrected chi connectivity index (χ1v) is 26.7. The molecule has 1 amide bonds. The molecule has 3 unspecified atom stereocenters. The fourth-order valence-electron chi connectivity index (χ4n) is 7.86. The Morgan fingerprint density at radius 1 is 0.492 bits per heavy atom. The van der Waals surface area contributed by atoms with E-state index in [9.17, 15) is 19.8 Å². The van der Waals surface area contributed by atoms with Crippen molar-refractivity contribution in [1.82, 2.24) is 5.32 Å². The number of amides is 1. The number of aliphatic hydroxyl groups is 2. The summed E-state index contributed by atoms with van der Waals surface area (Å²) in [6.45, 7) is 6.31. The molecule has 0 aromatic carbocycles. The first-order valence-electron chi connectivity index (χ1n) is 26.7. The van der Waals surface area contributed by atoms with Gasteiger partial charge in [0.05, 0.1) is 25.2 Å². The van der Waals surface area contributed by atoms with Gasteiger partial charge in [-0.1, -0.05) is 261 Å². The molecule has 0 bridgehead atoms. The van der Waals surface area contributed by atoms with Crippen LogP contribution in [0.1, 0.15) is 252 Å². The standard InChI is InChI=1S/C57H101NO5/c1-4-7-10-13-16-19-22-24-26-28-30-32-35-38-41-44-47-50-57(62)63-53(48-45-42-39-36-33-21-18-15-12-9-6-3)51-56(61)58-54(52-59)55(60)49-46-43-40-37-34-31-29-27-25-23-20-17-14-11-8-5-2/h9,12,15,18,21,24,26,33,36,39,42,45,53-55,59-60H,4-8,10-11,13-14,16-17,19-20,22-23,25,27-32,34-35,37-38,40-41,43-44,46-52H2,1-3H3,(H,58,61)/b12-9+,18-15+,26-24+,33-21-,39-36-,45-42+. The smallest absolute Gasteiger partial charge is 0.306 e. The second-order valence-corrected chi connectivity index (χ2v) is 18.0. The number of aliphatic hydroxyl groups excluding tert-OH is 2. The number of rotatable bonds is 47. The summed E-state index contributed by atoms with van der Waals surface area (Å²) >= 11 is 0. The van der Waals surface area contributed by atoms with Crippen LogP contribution in [0.4, 0.5) is 0 Å². The molecule has 0 aromatic rings. The van der Waals surface area contributed by atoms with Crippen molar-refractivity contribution in [3.8, 4) is 0 Å². The lowest BCUT2D eigenvalue weighted by atomic mass is 10.0. The van der Waals surface area contributed by atoms with E-state index in [-0.39, 0.29) is 24.9 Å². The summed E-state index contributed by atoms with van der Waals surface area (Å²) in [6.07, 6.45) is 64.2. The molecule has 3 N–H and O–H groups in total. The average molecular weight is 880 g/mol. The molecule has 0 saturated carbocycles. The molecule has 6 heteroatoms. The predicted octanol–water partition coefficient (Wildman–Crippen LogP) is 16.2. The van der Waals surface area contributed by atoms with Crippen LogP contribution < -0.4 is 5.32 Å². The van der Waals surface area contributed by atoms with Crippen LogP contribution in [-0.4, -0.2) is 46.9 Å². The molecule has 0 fully saturated rings. The summed E-state index contributed by atoms with van der Waals surface area (Å²) in [5.41, 5.74) is 0. The topological polar surface area (TPSA) is 95.9 Å². The summed E-state index contributed by atoms with van der Waals surface area (Å²) in [5.74, 6) is -0.611. The van der Waals surface area contributed by atoms with Crippen molar-refractivity contribution < 1.29 is 24.5 Å². The SMILES string of the molecule is CC/C=C/C=C/C=C\C=C/C=C/CC(CC(=O)NC(CO)C(O)CCCCCCCCCCCCCCCCCC)OC(=O)CCCCCCCCC/C=C/CCCCCCCC. The van der Waals surface area contributed by atoms with Gasteiger partial charge in [0, 0.05) is 12.8 Å². The molecule has 0 aliphatic carbocycles. The fourth-order valence-corrected chi connectivity index (χ4v) is 7.86. The number of nitrogens with one attached hydrogen (secondary N) is 1. The van der Waals surface area contributed by atoms with E-state index in [0.29, 0.717) is 19.3 Å². The highest BCUT2D eigenvalue weighted by Crippen LogP contribution is 2.17. The van der Waals surface area contributed by atoms with E-state index in [1.807, 2.05) is 54.7 Å². The minimum absolute atomic E-state index is 0.0216. The molecule has 0 saturated heterocycles. The van der Waals surface area contributed by atoms with Gasteiger partial charge < -0.3 is 20.3 Å². The summed E-state index contributed by atoms with van der Waals surface area (Å²) in [7, 11) is 0. The normalized spacial score (nSPS) is 13.8. The number of carbonyl (C=O) groups excluding carboxylic acids is 2. The Labute approximate surface area is 390 Å². The van der Waals surface area contributed by atoms with Crippen molar-refractivity contribution in [1.29, 1.82) is 0 Å². The molecule has 6 nitrogen and oxygen atoms in total. The van der Waals surface area contributed by atoms with Crippen LogP contribution in [0.15, 0.2) is 72.9 Å². The minimum Gasteiger partial charge on any atom is -0.461 e. The Hall–Kier alpha value is -2.70. The predicted molar refractivity (Wildman–Crippen MR) is 273 cm³/mol. The van der Waals surface area contributed by atoms with Gasteiger partial charge in [0.25, 0.3) is 0 Å². The van der Waals surface area contributed by atoms with Gasteiger partial charge in [-0.3, -0.25) is 9.59 Å². The van der Waals surface area contributed by atoms with Crippen LogP contribution in [0.2, 0.25) is 0 Å². The molecule has 3 atom stereocenters. The Bertz CT molecular complexity index is 1170. The summed E-state index contributed by atoms with van der Waals surface area (Å²) < 4.78 is 5.85. The van der Waals surface area contributed by atoms with Gasteiger partial charge in [-0.15, -0.1) is 0 Å². The van der Waals surface area contributed by atoms with Gasteiger partial charge in [0.15, 0.2) is 0 Å². The van der Waals surface area contributed by atoms with Gasteiger partial charge in [0.1, 0.15) is 6.10 Å². The molecule has 0 radical (unpaired) electrons. The van der Waals surface area contributed by atoms with Crippen molar-refractivity contribution in [3.05, 3.63) is 72.9 Å². The Morgan fingerprint density at radius 3 is 1.33 bits per heavy atom. The van der Waals surface area contributed by atoms with E-state index >= 15 is 0 Å². The number of carbonyl (C=O) groups is 2. The highest BCUT2D eigenvalue weighted by molar-refractivity contribution is 5.77. The van der Waals surface area contributed by atoms with Gasteiger partial charge in [-0.2, -0.15) is 0 Å². The molecular formula is C57H101NO5. The lowest BCUT2D eigenvalue weighted by Crippen LogP contribution is -2.46. The summed E-state index contributed by atoms with van der Waals surface area (Å²) in [6, 6.07) is -0.742. The zero-order chi connectivity index (χ0) is 45.9. The Morgan fingerprint density at radius 2 is 0.889 bits per heavy atom. The minimum atomic E-state index is -0.821. The van der Waals surface area contributed by atoms with E-state index in [1.54, 1.807) is 0 Å². The summed E-state index contributed by atoms with van der Waals surface area (Å²) in [4.78, 5) is 26.1. The average Bonchev–Trinajstić information content (AvgIpc) is 3.28. The van der Waals surface area contributed by atoms with Crippen LogP contribution >= 0.6 is 0 Å². The molecule has 0 aliphatic heterocycles. The number of allylic oxidation sites excluding steroid dienone is 11. The maximum absolute atomic E-state index is 13.2. The molecule has 364 valence electrons. The number of ether oxygens (including phenoxy) is 1. The van der Waals surface area contributed by atoms with E-state index in [0.717, 1.165) is 44.9 Å². The van der Waals surface area contributed by atoms with Gasteiger partial charge in [0.2, 0.25) is 5.91 Å². The van der Waals surface area contributed by atoms with Crippen LogP contribution in [0.3, 0.4) is 0 Å². The number of unbranched alkanes of at least 4 members (excludes halogenated alkanes) is 28. The Kier molecular flexibility index (Phi) is 48.1. The van der Waals surface area contributed by atoms with Crippen LogP contribution in [0, 0.1) is 0 Å². The quantitative estimate of drug-likeness (QED) is 0.0245. The second-order valence-electron chi connectivity index (χ2n) is 18.0. The summed E-state index contributed by atoms with van der Waals surface area (Å²) in [5, 5.41) is 23.7. The zero-order valence-electron chi connectivity index (χ0n) is 41.4. The van der Waals surface area contributed by atoms with Crippen molar-refractivity contribution in [2.75, 3.05) is 6.61 Å². The number of esters is 1. The first-order chi connectivity index (χ1) is 31.0. The fraction of sp³-hybridized carbons (Fsp3) is 0.754. The lowest BCUT2D eigenvalue weighted by molar-refractivity contribution is -0.150. The van der Waals surface area contributed by atoms with E-state index in [1.165, 1.54) is 161 Å². The highest BCUT2D eigenvalue weighted by Gasteiger charge is 2.23. The third kappa shape index (κ3) is 45.7. The second kappa shape index (κ2) is 50.3. The number of hydrogen-bond acceptors (Lipinski definition) is 5. The Balaban J connectivity index is 4.58. The van der Waals surface area contributed by atoms with E-state index in [2.05, 4.69) is 44.3 Å². The van der Waals surface area contributed by atoms with Gasteiger partial charge >= 0.3 is 5.97 Å². The third-order valence-electron chi connectivity index (χ3n) is 11.9. The maximum Gasteiger partial charge on any atom is 0.306 e. The monoisotopic (exact) mass is 880 g/mol. The van der Waals surface area contributed by atoms with Gasteiger partial charge in [-0.25, -0.2) is 0 Å². The lowest BCUT2D eigenvalue weighted by Gasteiger charge is -2.24. The first kappa shape index (κ1) is 60.3. The van der Waals surface area contributed by atoms with E-state index in [4.69, 9.17) is 4.74 Å². The molecule has 0 heterocycles. The maximum atomic E-state index is 13.2. The number of hydrogen-bond donors (Lipinski definition) is 3. The van der Waals surface area contributed by atoms with Crippen molar-refractivity contribution in [3.63, 3.8) is 0 Å². The highest BCUT2D eigenvalue weighted by atomic mass is 16.5. The van der Waals surface area contributed by atoms with Crippen molar-refractivity contribution in [2.24, 2.45) is 0 Å². The molecule has 0 spiro atoms. The van der Waals surface area contributed by atoms with Crippen LogP contribution in [-0.2, 0) is 14.3 Å². The van der Waals surface area contributed by atoms with Crippen molar-refractivity contribution in [2.45, 2.75) is 270 Å². The molecule has 0 aliphatic rings. The third-order valence-corrected chi connectivity index (χ3v) is 11.9. The van der Waals surface area contributed by atoms with Crippen LogP contribution in [0.25, 0.3) is 0 Å². The molecule has 0 aromatic heterocycles. The van der Waals surface area contributed by atoms with Crippen LogP contribution in [0.5, 0.6) is 0 Å². The zero-order valence-corrected chi connectivity index (χ0v) is 41.4.